The lowest BCUT2D eigenvalue weighted by Gasteiger charge is -2.15. The Hall–Kier alpha value is -1.13. The fraction of sp³-hybridized carbons (Fsp3) is 0.417. The van der Waals surface area contributed by atoms with E-state index in [4.69, 9.17) is 5.73 Å². The molecule has 0 spiro atoms. The van der Waals surface area contributed by atoms with Gasteiger partial charge in [0.25, 0.3) is 0 Å². The Morgan fingerprint density at radius 2 is 2.44 bits per heavy atom. The second kappa shape index (κ2) is 4.80. The molecule has 86 valence electrons. The number of thiophene rings is 1. The van der Waals surface area contributed by atoms with E-state index in [9.17, 15) is 4.79 Å². The minimum absolute atomic E-state index is 0.0344. The summed E-state index contributed by atoms with van der Waals surface area (Å²) in [6.45, 7) is 2.00. The summed E-state index contributed by atoms with van der Waals surface area (Å²) in [6, 6.07) is 2.14. The van der Waals surface area contributed by atoms with Crippen LogP contribution < -0.4 is 11.1 Å². The van der Waals surface area contributed by atoms with E-state index in [-0.39, 0.29) is 23.9 Å². The summed E-state index contributed by atoms with van der Waals surface area (Å²) < 4.78 is 0. The fourth-order valence-corrected chi connectivity index (χ4v) is 2.60. The largest absolute Gasteiger partial charge is 0.349 e. The number of carbonyl (C=O) groups excluding carboxylic acids is 1. The number of amides is 1. The van der Waals surface area contributed by atoms with Gasteiger partial charge in [0.1, 0.15) is 0 Å². The van der Waals surface area contributed by atoms with E-state index < -0.39 is 0 Å². The molecule has 3 atom stereocenters. The van der Waals surface area contributed by atoms with E-state index in [1.165, 1.54) is 0 Å². The molecule has 3 unspecified atom stereocenters. The van der Waals surface area contributed by atoms with Crippen molar-refractivity contribution in [1.29, 1.82) is 0 Å². The Kier molecular flexibility index (Phi) is 3.41. The van der Waals surface area contributed by atoms with Crippen LogP contribution in [0.5, 0.6) is 0 Å². The summed E-state index contributed by atoms with van der Waals surface area (Å²) >= 11 is 1.64. The molecule has 2 rings (SSSR count). The van der Waals surface area contributed by atoms with Crippen molar-refractivity contribution in [3.8, 4) is 0 Å². The van der Waals surface area contributed by atoms with Crippen LogP contribution in [0.15, 0.2) is 29.0 Å². The van der Waals surface area contributed by atoms with E-state index in [1.54, 1.807) is 11.3 Å². The van der Waals surface area contributed by atoms with Crippen molar-refractivity contribution in [3.63, 3.8) is 0 Å². The van der Waals surface area contributed by atoms with Gasteiger partial charge in [-0.15, -0.1) is 0 Å². The number of rotatable bonds is 3. The summed E-state index contributed by atoms with van der Waals surface area (Å²) in [6.07, 6.45) is 4.53. The molecule has 1 aromatic rings. The number of carbonyl (C=O) groups is 1. The molecule has 4 heteroatoms. The lowest BCUT2D eigenvalue weighted by atomic mass is 10.1. The zero-order valence-corrected chi connectivity index (χ0v) is 10.0. The molecule has 0 saturated carbocycles. The van der Waals surface area contributed by atoms with Gasteiger partial charge in [0, 0.05) is 6.04 Å². The minimum atomic E-state index is -0.0592. The zero-order chi connectivity index (χ0) is 11.5. The van der Waals surface area contributed by atoms with Gasteiger partial charge in [-0.05, 0) is 35.7 Å². The van der Waals surface area contributed by atoms with Gasteiger partial charge in [-0.25, -0.2) is 0 Å². The summed E-state index contributed by atoms with van der Waals surface area (Å²) in [5.41, 5.74) is 6.88. The van der Waals surface area contributed by atoms with Gasteiger partial charge < -0.3 is 11.1 Å². The van der Waals surface area contributed by atoms with Crippen LogP contribution in [0.25, 0.3) is 0 Å². The highest BCUT2D eigenvalue weighted by atomic mass is 32.1. The SMILES string of the molecule is CC(NC(=O)C1C=CC(N)C1)c1ccsc1. The molecule has 0 bridgehead atoms. The highest BCUT2D eigenvalue weighted by Gasteiger charge is 2.23. The molecule has 0 aliphatic heterocycles. The molecular formula is C12H16N2OS. The molecule has 16 heavy (non-hydrogen) atoms. The second-order valence-electron chi connectivity index (χ2n) is 4.18. The Bertz CT molecular complexity index is 386. The zero-order valence-electron chi connectivity index (χ0n) is 9.22. The fourth-order valence-electron chi connectivity index (χ4n) is 1.85. The molecule has 1 aliphatic rings. The van der Waals surface area contributed by atoms with Crippen LogP contribution >= 0.6 is 11.3 Å². The van der Waals surface area contributed by atoms with Crippen LogP contribution in [0, 0.1) is 5.92 Å². The van der Waals surface area contributed by atoms with Gasteiger partial charge in [-0.3, -0.25) is 4.79 Å². The standard InChI is InChI=1S/C12H16N2OS/c1-8(10-4-5-16-7-10)14-12(15)9-2-3-11(13)6-9/h2-5,7-9,11H,6,13H2,1H3,(H,14,15). The molecule has 0 radical (unpaired) electrons. The van der Waals surface area contributed by atoms with Crippen molar-refractivity contribution < 1.29 is 4.79 Å². The van der Waals surface area contributed by atoms with Crippen LogP contribution in [-0.4, -0.2) is 11.9 Å². The predicted molar refractivity (Wildman–Crippen MR) is 66.1 cm³/mol. The molecule has 0 aromatic carbocycles. The van der Waals surface area contributed by atoms with Gasteiger partial charge in [0.2, 0.25) is 5.91 Å². The van der Waals surface area contributed by atoms with Crippen LogP contribution in [0.4, 0.5) is 0 Å². The average molecular weight is 236 g/mol. The first-order valence-corrected chi connectivity index (χ1v) is 6.37. The number of hydrogen-bond donors (Lipinski definition) is 2. The first-order valence-electron chi connectivity index (χ1n) is 5.43. The third-order valence-corrected chi connectivity index (χ3v) is 3.56. The lowest BCUT2D eigenvalue weighted by Crippen LogP contribution is -2.32. The first-order chi connectivity index (χ1) is 7.66. The number of nitrogens with one attached hydrogen (secondary N) is 1. The first kappa shape index (κ1) is 11.4. The van der Waals surface area contributed by atoms with Gasteiger partial charge in [0.15, 0.2) is 0 Å². The van der Waals surface area contributed by atoms with Crippen LogP contribution in [-0.2, 0) is 4.79 Å². The third kappa shape index (κ3) is 2.51. The van der Waals surface area contributed by atoms with Gasteiger partial charge >= 0.3 is 0 Å². The lowest BCUT2D eigenvalue weighted by molar-refractivity contribution is -0.124. The Morgan fingerprint density at radius 3 is 3.00 bits per heavy atom. The van der Waals surface area contributed by atoms with Gasteiger partial charge in [-0.1, -0.05) is 12.2 Å². The van der Waals surface area contributed by atoms with E-state index in [1.807, 2.05) is 30.5 Å². The average Bonchev–Trinajstić information content (AvgIpc) is 2.87. The maximum absolute atomic E-state index is 11.9. The smallest absolute Gasteiger partial charge is 0.227 e. The molecule has 3 nitrogen and oxygen atoms in total. The molecule has 1 heterocycles. The van der Waals surface area contributed by atoms with Crippen molar-refractivity contribution in [2.75, 3.05) is 0 Å². The van der Waals surface area contributed by atoms with Crippen molar-refractivity contribution in [1.82, 2.24) is 5.32 Å². The molecule has 0 fully saturated rings. The normalized spacial score (nSPS) is 25.6. The Labute approximate surface area is 99.3 Å². The maximum atomic E-state index is 11.9. The minimum Gasteiger partial charge on any atom is -0.349 e. The number of hydrogen-bond acceptors (Lipinski definition) is 3. The molecule has 0 saturated heterocycles. The van der Waals surface area contributed by atoms with E-state index in [0.717, 1.165) is 12.0 Å². The van der Waals surface area contributed by atoms with E-state index >= 15 is 0 Å². The summed E-state index contributed by atoms with van der Waals surface area (Å²) in [7, 11) is 0. The quantitative estimate of drug-likeness (QED) is 0.787. The van der Waals surface area contributed by atoms with Gasteiger partial charge in [-0.2, -0.15) is 11.3 Å². The second-order valence-corrected chi connectivity index (χ2v) is 4.96. The Balaban J connectivity index is 1.90. The van der Waals surface area contributed by atoms with E-state index in [0.29, 0.717) is 0 Å². The van der Waals surface area contributed by atoms with Crippen LogP contribution in [0.3, 0.4) is 0 Å². The van der Waals surface area contributed by atoms with Crippen molar-refractivity contribution >= 4 is 17.2 Å². The van der Waals surface area contributed by atoms with Crippen LogP contribution in [0.1, 0.15) is 24.9 Å². The maximum Gasteiger partial charge on any atom is 0.227 e. The monoisotopic (exact) mass is 236 g/mol. The highest BCUT2D eigenvalue weighted by Crippen LogP contribution is 2.20. The van der Waals surface area contributed by atoms with Crippen molar-refractivity contribution in [2.24, 2.45) is 11.7 Å². The third-order valence-electron chi connectivity index (χ3n) is 2.86. The van der Waals surface area contributed by atoms with Gasteiger partial charge in [0.05, 0.1) is 12.0 Å². The summed E-state index contributed by atoms with van der Waals surface area (Å²) in [4.78, 5) is 11.9. The van der Waals surface area contributed by atoms with Crippen LogP contribution in [0.2, 0.25) is 0 Å². The molecule has 3 N–H and O–H groups in total. The number of nitrogens with two attached hydrogens (primary N) is 1. The highest BCUT2D eigenvalue weighted by molar-refractivity contribution is 7.07. The summed E-state index contributed by atoms with van der Waals surface area (Å²) in [5.74, 6) is 0.0129. The van der Waals surface area contributed by atoms with Crippen molar-refractivity contribution in [3.05, 3.63) is 34.5 Å². The molecule has 1 aliphatic carbocycles. The Morgan fingerprint density at radius 1 is 1.62 bits per heavy atom. The summed E-state index contributed by atoms with van der Waals surface area (Å²) in [5, 5.41) is 7.08. The molecule has 1 amide bonds. The molecule has 1 aromatic heterocycles. The topological polar surface area (TPSA) is 55.1 Å². The van der Waals surface area contributed by atoms with Crippen molar-refractivity contribution in [2.45, 2.75) is 25.4 Å². The predicted octanol–water partition coefficient (Wildman–Crippen LogP) is 1.83. The van der Waals surface area contributed by atoms with E-state index in [2.05, 4.69) is 10.7 Å². The molecular weight excluding hydrogens is 220 g/mol.